The maximum atomic E-state index is 12.9. The number of hydrogen-bond acceptors (Lipinski definition) is 2. The molecule has 0 aliphatic carbocycles. The Morgan fingerprint density at radius 2 is 0.471 bits per heavy atom. The Morgan fingerprint density at radius 3 is 0.769 bits per heavy atom. The summed E-state index contributed by atoms with van der Waals surface area (Å²) in [7, 11) is 0. The van der Waals surface area contributed by atoms with Crippen LogP contribution in [0.5, 0.6) is 0 Å². The summed E-state index contributed by atoms with van der Waals surface area (Å²) in [6.07, 6.45) is 0. The highest BCUT2D eigenvalue weighted by molar-refractivity contribution is 6.15. The van der Waals surface area contributed by atoms with Gasteiger partial charge in [-0.2, -0.15) is 5.26 Å². The van der Waals surface area contributed by atoms with Crippen LogP contribution in [0.2, 0.25) is 0 Å². The van der Waals surface area contributed by atoms with Gasteiger partial charge in [-0.05, 0) is 180 Å². The molecule has 486 valence electrons. The molecule has 104 heavy (non-hydrogen) atoms. The lowest BCUT2D eigenvalue weighted by molar-refractivity contribution is 1.18. The standard InChI is InChI=1S/C98H64N6/c1-62-37-55-92-81(57-62)82-58-63(2)38-56-93(82)104(92)74-53-45-69(46-54-74)97-96(68-43-51-73(52-44-68)103-90-35-19-13-29-79(90)80-30-14-20-36-91(80)103)94(66-39-47-71(48-40-66)101-86-31-15-9-25-75(86)76-26-10-16-32-87(76)101)83(61-99)95(67-41-49-72(50-42-67)102-88-33-17-11-27-77(88)78-28-12-18-34-89(78)102)98(97)70-59-84(64-21-5-3-6-22-64)100-85(60-70)65-23-7-4-8-24-65/h3-60H,1-2H3. The molecule has 5 aromatic heterocycles. The minimum absolute atomic E-state index is 0.547. The molecule has 15 aromatic carbocycles. The summed E-state index contributed by atoms with van der Waals surface area (Å²) in [5, 5.41) is 22.5. The molecule has 0 amide bonds. The summed E-state index contributed by atoms with van der Waals surface area (Å²) in [6, 6.07) is 130. The van der Waals surface area contributed by atoms with Gasteiger partial charge in [-0.25, -0.2) is 4.98 Å². The van der Waals surface area contributed by atoms with Crippen LogP contribution in [0.3, 0.4) is 0 Å². The molecular formula is C98H64N6. The van der Waals surface area contributed by atoms with Gasteiger partial charge in [0, 0.05) is 88.1 Å². The highest BCUT2D eigenvalue weighted by Crippen LogP contribution is 2.54. The number of hydrogen-bond donors (Lipinski definition) is 0. The number of aryl methyl sites for hydroxylation is 2. The van der Waals surface area contributed by atoms with E-state index in [4.69, 9.17) is 4.98 Å². The number of pyridine rings is 1. The molecule has 20 rings (SSSR count). The van der Waals surface area contributed by atoms with Crippen molar-refractivity contribution >= 4 is 87.2 Å². The van der Waals surface area contributed by atoms with E-state index in [-0.39, 0.29) is 0 Å². The predicted octanol–water partition coefficient (Wildman–Crippen LogP) is 25.6. The third-order valence-corrected chi connectivity index (χ3v) is 21.3. The third kappa shape index (κ3) is 9.59. The van der Waals surface area contributed by atoms with E-state index in [1.54, 1.807) is 0 Å². The van der Waals surface area contributed by atoms with Crippen LogP contribution in [0.25, 0.3) is 188 Å². The molecule has 0 atom stereocenters. The Balaban J connectivity index is 0.923. The number of nitrogens with zero attached hydrogens (tertiary/aromatic N) is 6. The van der Waals surface area contributed by atoms with E-state index in [1.807, 2.05) is 0 Å². The molecule has 0 unspecified atom stereocenters. The second-order valence-electron chi connectivity index (χ2n) is 27.4. The SMILES string of the molecule is Cc1ccc2c(c1)c1cc(C)ccc1n2-c1ccc(-c2c(-c3ccc(-n4c5ccccc5c5ccccc54)cc3)c(-c3ccc(-n4c5ccccc5c5ccccc54)cc3)c(C#N)c(-c3ccc(-n4c5ccccc5c5ccccc54)cc3)c2-c2cc(-c3ccccc3)nc(-c3ccccc3)c2)cc1. The highest BCUT2D eigenvalue weighted by Gasteiger charge is 2.31. The van der Waals surface area contributed by atoms with Crippen LogP contribution in [0.1, 0.15) is 16.7 Å². The van der Waals surface area contributed by atoms with E-state index < -0.39 is 0 Å². The van der Waals surface area contributed by atoms with Crippen LogP contribution in [0.15, 0.2) is 352 Å². The number of para-hydroxylation sites is 6. The maximum Gasteiger partial charge on any atom is 0.100 e. The zero-order chi connectivity index (χ0) is 69.1. The first-order valence-corrected chi connectivity index (χ1v) is 35.6. The number of rotatable bonds is 11. The largest absolute Gasteiger partial charge is 0.309 e. The van der Waals surface area contributed by atoms with Crippen molar-refractivity contribution in [2.24, 2.45) is 0 Å². The van der Waals surface area contributed by atoms with Crippen molar-refractivity contribution in [1.82, 2.24) is 23.3 Å². The molecule has 6 nitrogen and oxygen atoms in total. The van der Waals surface area contributed by atoms with Crippen molar-refractivity contribution in [1.29, 1.82) is 5.26 Å². The zero-order valence-corrected chi connectivity index (χ0v) is 57.2. The lowest BCUT2D eigenvalue weighted by Crippen LogP contribution is -2.04. The van der Waals surface area contributed by atoms with Crippen LogP contribution in [0, 0.1) is 25.2 Å². The molecule has 5 heterocycles. The number of aromatic nitrogens is 5. The van der Waals surface area contributed by atoms with E-state index in [1.165, 1.54) is 54.2 Å². The first kappa shape index (κ1) is 60.1. The molecule has 0 aliphatic heterocycles. The van der Waals surface area contributed by atoms with Crippen molar-refractivity contribution in [2.45, 2.75) is 13.8 Å². The van der Waals surface area contributed by atoms with Crippen LogP contribution in [-0.2, 0) is 0 Å². The molecule has 0 aliphatic rings. The van der Waals surface area contributed by atoms with Crippen molar-refractivity contribution in [3.63, 3.8) is 0 Å². The predicted molar refractivity (Wildman–Crippen MR) is 434 cm³/mol. The summed E-state index contributed by atoms with van der Waals surface area (Å²) >= 11 is 0. The van der Waals surface area contributed by atoms with Gasteiger partial charge in [-0.15, -0.1) is 0 Å². The lowest BCUT2D eigenvalue weighted by Gasteiger charge is -2.27. The summed E-state index contributed by atoms with van der Waals surface area (Å²) in [5.74, 6) is 0. The summed E-state index contributed by atoms with van der Waals surface area (Å²) < 4.78 is 9.53. The Kier molecular flexibility index (Phi) is 14.0. The monoisotopic (exact) mass is 1320 g/mol. The minimum Gasteiger partial charge on any atom is -0.309 e. The summed E-state index contributed by atoms with van der Waals surface area (Å²) in [6.45, 7) is 4.35. The number of fused-ring (bicyclic) bond motifs is 12. The molecule has 20 aromatic rings. The van der Waals surface area contributed by atoms with E-state index in [9.17, 15) is 5.26 Å². The highest BCUT2D eigenvalue weighted by atomic mass is 15.0. The maximum absolute atomic E-state index is 12.9. The smallest absolute Gasteiger partial charge is 0.100 e. The van der Waals surface area contributed by atoms with E-state index in [0.717, 1.165) is 145 Å². The van der Waals surface area contributed by atoms with Gasteiger partial charge in [-0.3, -0.25) is 0 Å². The van der Waals surface area contributed by atoms with Gasteiger partial charge in [0.1, 0.15) is 6.07 Å². The molecule has 0 saturated heterocycles. The van der Waals surface area contributed by atoms with E-state index in [0.29, 0.717) is 5.56 Å². The second kappa shape index (κ2) is 24.2. The molecule has 6 heteroatoms. The van der Waals surface area contributed by atoms with Gasteiger partial charge in [0.05, 0.1) is 61.1 Å². The normalized spacial score (nSPS) is 11.7. The lowest BCUT2D eigenvalue weighted by atomic mass is 9.75. The molecule has 0 N–H and O–H groups in total. The van der Waals surface area contributed by atoms with Gasteiger partial charge in [0.2, 0.25) is 0 Å². The topological polar surface area (TPSA) is 56.4 Å². The third-order valence-electron chi connectivity index (χ3n) is 21.3. The van der Waals surface area contributed by atoms with Gasteiger partial charge in [0.15, 0.2) is 0 Å². The second-order valence-corrected chi connectivity index (χ2v) is 27.4. The molecule has 0 saturated carbocycles. The number of nitriles is 1. The Labute approximate surface area is 601 Å². The van der Waals surface area contributed by atoms with Crippen LogP contribution < -0.4 is 0 Å². The van der Waals surface area contributed by atoms with Gasteiger partial charge < -0.3 is 18.3 Å². The zero-order valence-electron chi connectivity index (χ0n) is 57.2. The molecule has 0 fully saturated rings. The Morgan fingerprint density at radius 1 is 0.221 bits per heavy atom. The van der Waals surface area contributed by atoms with Crippen molar-refractivity contribution in [3.8, 4) is 107 Å². The minimum atomic E-state index is 0.547. The van der Waals surface area contributed by atoms with Crippen molar-refractivity contribution in [2.75, 3.05) is 0 Å². The molecule has 0 bridgehead atoms. The molecular weight excluding hydrogens is 1260 g/mol. The fraction of sp³-hybridized carbons (Fsp3) is 0.0204. The summed E-state index contributed by atoms with van der Waals surface area (Å²) in [4.78, 5) is 5.55. The Bertz CT molecular complexity index is 6600. The molecule has 0 radical (unpaired) electrons. The average molecular weight is 1330 g/mol. The van der Waals surface area contributed by atoms with Crippen LogP contribution >= 0.6 is 0 Å². The molecule has 0 spiro atoms. The van der Waals surface area contributed by atoms with Crippen LogP contribution in [-0.4, -0.2) is 23.3 Å². The fourth-order valence-corrected chi connectivity index (χ4v) is 16.7. The van der Waals surface area contributed by atoms with Gasteiger partial charge >= 0.3 is 0 Å². The van der Waals surface area contributed by atoms with Crippen molar-refractivity contribution < 1.29 is 0 Å². The first-order valence-electron chi connectivity index (χ1n) is 35.6. The summed E-state index contributed by atoms with van der Waals surface area (Å²) in [5.41, 5.74) is 28.8. The Hall–Kier alpha value is -13.9. The van der Waals surface area contributed by atoms with E-state index >= 15 is 0 Å². The van der Waals surface area contributed by atoms with E-state index in [2.05, 4.69) is 390 Å². The number of benzene rings is 15. The quantitative estimate of drug-likeness (QED) is 0.130. The fourth-order valence-electron chi connectivity index (χ4n) is 16.7. The first-order chi connectivity index (χ1) is 51.4. The van der Waals surface area contributed by atoms with Crippen LogP contribution in [0.4, 0.5) is 0 Å². The van der Waals surface area contributed by atoms with Crippen molar-refractivity contribution in [3.05, 3.63) is 369 Å². The van der Waals surface area contributed by atoms with Gasteiger partial charge in [-0.1, -0.05) is 242 Å². The van der Waals surface area contributed by atoms with Gasteiger partial charge in [0.25, 0.3) is 0 Å². The average Bonchev–Trinajstić information content (AvgIpc) is 1.51.